The van der Waals surface area contributed by atoms with Crippen molar-refractivity contribution in [1.29, 1.82) is 0 Å². The van der Waals surface area contributed by atoms with Gasteiger partial charge in [0.2, 0.25) is 5.95 Å². The lowest BCUT2D eigenvalue weighted by atomic mass is 10.3. The Labute approximate surface area is 136 Å². The molecule has 3 aromatic rings. The van der Waals surface area contributed by atoms with E-state index in [0.29, 0.717) is 5.69 Å². The maximum Gasteiger partial charge on any atom is 0.274 e. The summed E-state index contributed by atoms with van der Waals surface area (Å²) < 4.78 is 26.8. The average molecular weight is 326 g/mol. The fraction of sp³-hybridized carbons (Fsp3) is 0. The maximum atomic E-state index is 13.6. The number of nitrogens with one attached hydrogen (secondary N) is 2. The van der Waals surface area contributed by atoms with Gasteiger partial charge < -0.3 is 10.6 Å². The van der Waals surface area contributed by atoms with Gasteiger partial charge in [-0.3, -0.25) is 4.79 Å². The maximum absolute atomic E-state index is 13.6. The van der Waals surface area contributed by atoms with E-state index in [1.54, 1.807) is 12.1 Å². The number of carbonyl (C=O) groups is 1. The van der Waals surface area contributed by atoms with E-state index in [9.17, 15) is 13.6 Å². The minimum atomic E-state index is -0.579. The molecule has 24 heavy (non-hydrogen) atoms. The highest BCUT2D eigenvalue weighted by atomic mass is 19.1. The number of carbonyl (C=O) groups excluding carboxylic acids is 1. The molecule has 0 bridgehead atoms. The number of halogens is 2. The van der Waals surface area contributed by atoms with Gasteiger partial charge in [0.25, 0.3) is 5.91 Å². The summed E-state index contributed by atoms with van der Waals surface area (Å²) in [5.41, 5.74) is 0.551. The molecule has 2 N–H and O–H groups in total. The molecule has 0 saturated heterocycles. The molecular weight excluding hydrogens is 314 g/mol. The number of anilines is 3. The monoisotopic (exact) mass is 326 g/mol. The third-order valence-electron chi connectivity index (χ3n) is 3.09. The lowest BCUT2D eigenvalue weighted by Gasteiger charge is -2.08. The molecule has 0 aliphatic heterocycles. The predicted molar refractivity (Wildman–Crippen MR) is 86.1 cm³/mol. The van der Waals surface area contributed by atoms with Crippen LogP contribution in [-0.4, -0.2) is 15.9 Å². The molecule has 0 aliphatic rings. The van der Waals surface area contributed by atoms with Crippen LogP contribution >= 0.6 is 0 Å². The van der Waals surface area contributed by atoms with Crippen LogP contribution in [-0.2, 0) is 0 Å². The Hall–Kier alpha value is -3.35. The molecule has 2 aromatic carbocycles. The van der Waals surface area contributed by atoms with E-state index in [-0.39, 0.29) is 17.3 Å². The highest BCUT2D eigenvalue weighted by molar-refractivity contribution is 6.03. The van der Waals surface area contributed by atoms with Crippen LogP contribution in [0, 0.1) is 11.6 Å². The summed E-state index contributed by atoms with van der Waals surface area (Å²) in [5.74, 6) is -1.40. The molecule has 3 rings (SSSR count). The highest BCUT2D eigenvalue weighted by Gasteiger charge is 2.11. The van der Waals surface area contributed by atoms with E-state index in [0.717, 1.165) is 0 Å². The lowest BCUT2D eigenvalue weighted by molar-refractivity contribution is 0.102. The summed E-state index contributed by atoms with van der Waals surface area (Å²) in [4.78, 5) is 20.2. The second-order valence-corrected chi connectivity index (χ2v) is 4.83. The molecule has 1 heterocycles. The van der Waals surface area contributed by atoms with Crippen LogP contribution in [0.5, 0.6) is 0 Å². The summed E-state index contributed by atoms with van der Waals surface area (Å²) in [6, 6.07) is 13.0. The summed E-state index contributed by atoms with van der Waals surface area (Å²) in [6.07, 6.45) is 1.38. The van der Waals surface area contributed by atoms with Crippen LogP contribution in [0.3, 0.4) is 0 Å². The lowest BCUT2D eigenvalue weighted by Crippen LogP contribution is -2.15. The van der Waals surface area contributed by atoms with Gasteiger partial charge in [-0.2, -0.15) is 0 Å². The van der Waals surface area contributed by atoms with Crippen molar-refractivity contribution in [1.82, 2.24) is 9.97 Å². The average Bonchev–Trinajstić information content (AvgIpc) is 2.57. The van der Waals surface area contributed by atoms with Crippen molar-refractivity contribution in [3.63, 3.8) is 0 Å². The summed E-state index contributed by atoms with van der Waals surface area (Å²) in [5, 5.41) is 5.23. The summed E-state index contributed by atoms with van der Waals surface area (Å²) in [6.45, 7) is 0. The van der Waals surface area contributed by atoms with Gasteiger partial charge in [0.05, 0.1) is 5.69 Å². The Morgan fingerprint density at radius 1 is 1.00 bits per heavy atom. The fourth-order valence-corrected chi connectivity index (χ4v) is 1.99. The van der Waals surface area contributed by atoms with Crippen molar-refractivity contribution >= 4 is 23.2 Å². The third kappa shape index (κ3) is 3.70. The minimum absolute atomic E-state index is 0.0483. The zero-order chi connectivity index (χ0) is 16.9. The number of aromatic nitrogens is 2. The van der Waals surface area contributed by atoms with E-state index >= 15 is 0 Å². The van der Waals surface area contributed by atoms with Crippen LogP contribution in [0.15, 0.2) is 60.8 Å². The molecule has 0 unspecified atom stereocenters. The molecule has 0 spiro atoms. The molecular formula is C17H12F2N4O. The number of nitrogens with zero attached hydrogens (tertiary/aromatic N) is 2. The van der Waals surface area contributed by atoms with Crippen LogP contribution in [0.4, 0.5) is 26.1 Å². The standard InChI is InChI=1S/C17H12F2N4O/c18-11-4-3-5-12(10-11)21-17-20-9-8-15(23-17)16(24)22-14-7-2-1-6-13(14)19/h1-10H,(H,22,24)(H,20,21,23). The van der Waals surface area contributed by atoms with Crippen molar-refractivity contribution in [3.05, 3.63) is 78.1 Å². The van der Waals surface area contributed by atoms with Crippen molar-refractivity contribution in [3.8, 4) is 0 Å². The van der Waals surface area contributed by atoms with E-state index in [1.807, 2.05) is 0 Å². The number of hydrogen-bond acceptors (Lipinski definition) is 4. The van der Waals surface area contributed by atoms with E-state index in [2.05, 4.69) is 20.6 Å². The van der Waals surface area contributed by atoms with Crippen LogP contribution < -0.4 is 10.6 Å². The first-order valence-corrected chi connectivity index (χ1v) is 7.03. The second kappa shape index (κ2) is 6.82. The minimum Gasteiger partial charge on any atom is -0.324 e. The van der Waals surface area contributed by atoms with Crippen molar-refractivity contribution < 1.29 is 13.6 Å². The van der Waals surface area contributed by atoms with E-state index in [1.165, 1.54) is 48.7 Å². The first-order chi connectivity index (χ1) is 11.6. The molecule has 0 radical (unpaired) electrons. The molecule has 0 saturated carbocycles. The normalized spacial score (nSPS) is 10.2. The van der Waals surface area contributed by atoms with E-state index < -0.39 is 17.5 Å². The van der Waals surface area contributed by atoms with Gasteiger partial charge >= 0.3 is 0 Å². The zero-order valence-corrected chi connectivity index (χ0v) is 12.3. The predicted octanol–water partition coefficient (Wildman–Crippen LogP) is 3.75. The highest BCUT2D eigenvalue weighted by Crippen LogP contribution is 2.16. The topological polar surface area (TPSA) is 66.9 Å². The van der Waals surface area contributed by atoms with Gasteiger partial charge in [0.1, 0.15) is 17.3 Å². The SMILES string of the molecule is O=C(Nc1ccccc1F)c1ccnc(Nc2cccc(F)c2)n1. The van der Waals surface area contributed by atoms with Crippen molar-refractivity contribution in [2.75, 3.05) is 10.6 Å². The van der Waals surface area contributed by atoms with Crippen molar-refractivity contribution in [2.45, 2.75) is 0 Å². The van der Waals surface area contributed by atoms with Gasteiger partial charge in [-0.15, -0.1) is 0 Å². The van der Waals surface area contributed by atoms with Gasteiger partial charge in [0.15, 0.2) is 0 Å². The number of para-hydroxylation sites is 1. The Kier molecular flexibility index (Phi) is 4.42. The van der Waals surface area contributed by atoms with Gasteiger partial charge in [-0.1, -0.05) is 18.2 Å². The summed E-state index contributed by atoms with van der Waals surface area (Å²) >= 11 is 0. The van der Waals surface area contributed by atoms with Crippen molar-refractivity contribution in [2.24, 2.45) is 0 Å². The molecule has 0 fully saturated rings. The van der Waals surface area contributed by atoms with Crippen LogP contribution in [0.2, 0.25) is 0 Å². The molecule has 1 amide bonds. The van der Waals surface area contributed by atoms with Crippen LogP contribution in [0.25, 0.3) is 0 Å². The van der Waals surface area contributed by atoms with Gasteiger partial charge in [-0.05, 0) is 36.4 Å². The molecule has 5 nitrogen and oxygen atoms in total. The first-order valence-electron chi connectivity index (χ1n) is 7.03. The number of amides is 1. The summed E-state index contributed by atoms with van der Waals surface area (Å²) in [7, 11) is 0. The quantitative estimate of drug-likeness (QED) is 0.766. The molecule has 0 atom stereocenters. The number of rotatable bonds is 4. The molecule has 1 aromatic heterocycles. The van der Waals surface area contributed by atoms with Gasteiger partial charge in [-0.25, -0.2) is 18.7 Å². The van der Waals surface area contributed by atoms with E-state index in [4.69, 9.17) is 0 Å². The fourth-order valence-electron chi connectivity index (χ4n) is 1.99. The Morgan fingerprint density at radius 3 is 2.62 bits per heavy atom. The Balaban J connectivity index is 1.77. The Bertz CT molecular complexity index is 886. The Morgan fingerprint density at radius 2 is 1.83 bits per heavy atom. The smallest absolute Gasteiger partial charge is 0.274 e. The van der Waals surface area contributed by atoms with Crippen LogP contribution in [0.1, 0.15) is 10.5 Å². The molecule has 120 valence electrons. The largest absolute Gasteiger partial charge is 0.324 e. The third-order valence-corrected chi connectivity index (χ3v) is 3.09. The van der Waals surface area contributed by atoms with Gasteiger partial charge in [0, 0.05) is 11.9 Å². The first kappa shape index (κ1) is 15.5. The second-order valence-electron chi connectivity index (χ2n) is 4.83. The number of benzene rings is 2. The molecule has 7 heteroatoms. The zero-order valence-electron chi connectivity index (χ0n) is 12.3. The molecule has 0 aliphatic carbocycles. The number of hydrogen-bond donors (Lipinski definition) is 2.